The number of nitrogens with zero attached hydrogens (tertiary/aromatic N) is 2. The summed E-state index contributed by atoms with van der Waals surface area (Å²) in [5.41, 5.74) is 7.09. The first kappa shape index (κ1) is 15.7. The molecule has 3 rings (SSSR count). The van der Waals surface area contributed by atoms with Crippen LogP contribution in [0.25, 0.3) is 11.5 Å². The number of carbonyl (C=O) groups excluding carboxylic acids is 1. The molecule has 0 aliphatic rings. The molecule has 0 fully saturated rings. The lowest BCUT2D eigenvalue weighted by Crippen LogP contribution is -2.26. The van der Waals surface area contributed by atoms with E-state index in [1.807, 2.05) is 0 Å². The number of nitrogen functional groups attached to an aromatic ring is 1. The molecule has 7 heteroatoms. The maximum Gasteiger partial charge on any atom is 0.273 e. The molecular weight excluding hydrogens is 311 g/mol. The number of pyridine rings is 1. The van der Waals surface area contributed by atoms with Gasteiger partial charge in [0.1, 0.15) is 17.9 Å². The van der Waals surface area contributed by atoms with Crippen molar-refractivity contribution >= 4 is 11.7 Å². The third kappa shape index (κ3) is 3.40. The van der Waals surface area contributed by atoms with Crippen molar-refractivity contribution < 1.29 is 13.6 Å². The maximum absolute atomic E-state index is 12.9. The smallest absolute Gasteiger partial charge is 0.273 e. The van der Waals surface area contributed by atoms with Crippen molar-refractivity contribution in [3.8, 4) is 11.5 Å². The molecule has 1 unspecified atom stereocenters. The van der Waals surface area contributed by atoms with Gasteiger partial charge in [-0.1, -0.05) is 12.1 Å². The summed E-state index contributed by atoms with van der Waals surface area (Å²) in [5.74, 6) is -0.0424. The van der Waals surface area contributed by atoms with E-state index in [4.69, 9.17) is 10.2 Å². The van der Waals surface area contributed by atoms with Gasteiger partial charge in [0.05, 0.1) is 11.6 Å². The maximum atomic E-state index is 12.9. The van der Waals surface area contributed by atoms with Gasteiger partial charge >= 0.3 is 0 Å². The van der Waals surface area contributed by atoms with E-state index in [9.17, 15) is 9.18 Å². The van der Waals surface area contributed by atoms with Crippen LogP contribution in [0.4, 0.5) is 10.2 Å². The Kier molecular flexibility index (Phi) is 4.24. The number of aromatic nitrogens is 2. The normalized spacial score (nSPS) is 11.9. The lowest BCUT2D eigenvalue weighted by molar-refractivity contribution is 0.0935. The fraction of sp³-hybridized carbons (Fsp3) is 0.118. The predicted molar refractivity (Wildman–Crippen MR) is 86.4 cm³/mol. The number of halogens is 1. The molecule has 2 aromatic heterocycles. The summed E-state index contributed by atoms with van der Waals surface area (Å²) < 4.78 is 18.3. The van der Waals surface area contributed by atoms with Crippen molar-refractivity contribution in [3.63, 3.8) is 0 Å². The number of benzene rings is 1. The SMILES string of the molecule is CC(NC(=O)c1coc(-c2ccc(N)nc2)n1)c1ccc(F)cc1. The molecule has 24 heavy (non-hydrogen) atoms. The number of carbonyl (C=O) groups is 1. The van der Waals surface area contributed by atoms with Gasteiger partial charge in [-0.3, -0.25) is 4.79 Å². The van der Waals surface area contributed by atoms with Crippen molar-refractivity contribution in [1.29, 1.82) is 0 Å². The van der Waals surface area contributed by atoms with Gasteiger partial charge in [0.25, 0.3) is 5.91 Å². The zero-order chi connectivity index (χ0) is 17.1. The highest BCUT2D eigenvalue weighted by Gasteiger charge is 2.16. The summed E-state index contributed by atoms with van der Waals surface area (Å²) in [4.78, 5) is 20.4. The molecule has 0 aliphatic carbocycles. The first-order valence-corrected chi connectivity index (χ1v) is 7.26. The second kappa shape index (κ2) is 6.49. The topological polar surface area (TPSA) is 94.0 Å². The summed E-state index contributed by atoms with van der Waals surface area (Å²) in [5, 5.41) is 2.79. The second-order valence-corrected chi connectivity index (χ2v) is 5.26. The third-order valence-corrected chi connectivity index (χ3v) is 3.49. The Labute approximate surface area is 137 Å². The largest absolute Gasteiger partial charge is 0.444 e. The lowest BCUT2D eigenvalue weighted by Gasteiger charge is -2.13. The number of hydrogen-bond donors (Lipinski definition) is 2. The fourth-order valence-electron chi connectivity index (χ4n) is 2.15. The summed E-state index contributed by atoms with van der Waals surface area (Å²) in [6.07, 6.45) is 2.79. The van der Waals surface area contributed by atoms with Crippen LogP contribution in [0.2, 0.25) is 0 Å². The van der Waals surface area contributed by atoms with Crippen LogP contribution in [0.1, 0.15) is 29.0 Å². The molecule has 1 aromatic carbocycles. The van der Waals surface area contributed by atoms with Crippen LogP contribution < -0.4 is 11.1 Å². The average Bonchev–Trinajstić information content (AvgIpc) is 3.06. The van der Waals surface area contributed by atoms with Crippen LogP contribution >= 0.6 is 0 Å². The predicted octanol–water partition coefficient (Wildman–Crippen LogP) is 2.95. The standard InChI is InChI=1S/C17H15FN4O2/c1-10(11-2-5-13(18)6-3-11)21-16(23)14-9-24-17(22-14)12-4-7-15(19)20-8-12/h2-10H,1H3,(H2,19,20)(H,21,23). The Hall–Kier alpha value is -3.22. The van der Waals surface area contributed by atoms with Gasteiger partial charge in [-0.15, -0.1) is 0 Å². The molecular formula is C17H15FN4O2. The number of oxazole rings is 1. The fourth-order valence-corrected chi connectivity index (χ4v) is 2.15. The van der Waals surface area contributed by atoms with E-state index in [-0.39, 0.29) is 29.4 Å². The third-order valence-electron chi connectivity index (χ3n) is 3.49. The van der Waals surface area contributed by atoms with Gasteiger partial charge in [0, 0.05) is 6.20 Å². The molecule has 122 valence electrons. The molecule has 0 radical (unpaired) electrons. The molecule has 2 heterocycles. The Morgan fingerprint density at radius 3 is 2.67 bits per heavy atom. The Morgan fingerprint density at radius 2 is 2.00 bits per heavy atom. The molecule has 1 amide bonds. The summed E-state index contributed by atoms with van der Waals surface area (Å²) in [6, 6.07) is 8.97. The molecule has 3 N–H and O–H groups in total. The number of nitrogens with one attached hydrogen (secondary N) is 1. The molecule has 0 aliphatic heterocycles. The Bertz CT molecular complexity index is 844. The van der Waals surface area contributed by atoms with Gasteiger partial charge in [0.15, 0.2) is 5.69 Å². The zero-order valence-electron chi connectivity index (χ0n) is 12.9. The quantitative estimate of drug-likeness (QED) is 0.769. The van der Waals surface area contributed by atoms with Gasteiger partial charge in [-0.05, 0) is 36.8 Å². The second-order valence-electron chi connectivity index (χ2n) is 5.26. The molecule has 0 bridgehead atoms. The van der Waals surface area contributed by atoms with Crippen LogP contribution in [0.3, 0.4) is 0 Å². The number of rotatable bonds is 4. The minimum absolute atomic E-state index is 0.149. The first-order chi connectivity index (χ1) is 11.5. The van der Waals surface area contributed by atoms with E-state index in [0.29, 0.717) is 11.4 Å². The highest BCUT2D eigenvalue weighted by atomic mass is 19.1. The summed E-state index contributed by atoms with van der Waals surface area (Å²) in [6.45, 7) is 1.80. The van der Waals surface area contributed by atoms with E-state index in [2.05, 4.69) is 15.3 Å². The van der Waals surface area contributed by atoms with Crippen molar-refractivity contribution in [1.82, 2.24) is 15.3 Å². The van der Waals surface area contributed by atoms with Gasteiger partial charge < -0.3 is 15.5 Å². The molecule has 0 spiro atoms. The van der Waals surface area contributed by atoms with E-state index < -0.39 is 0 Å². The van der Waals surface area contributed by atoms with Crippen LogP contribution in [-0.2, 0) is 0 Å². The monoisotopic (exact) mass is 326 g/mol. The van der Waals surface area contributed by atoms with Gasteiger partial charge in [-0.25, -0.2) is 14.4 Å². The minimum Gasteiger partial charge on any atom is -0.444 e. The highest BCUT2D eigenvalue weighted by molar-refractivity contribution is 5.92. The van der Waals surface area contributed by atoms with Crippen LogP contribution in [0, 0.1) is 5.82 Å². The van der Waals surface area contributed by atoms with Crippen molar-refractivity contribution in [3.05, 3.63) is 65.9 Å². The molecule has 1 atom stereocenters. The molecule has 3 aromatic rings. The highest BCUT2D eigenvalue weighted by Crippen LogP contribution is 2.19. The summed E-state index contributed by atoms with van der Waals surface area (Å²) >= 11 is 0. The number of hydrogen-bond acceptors (Lipinski definition) is 5. The van der Waals surface area contributed by atoms with E-state index >= 15 is 0 Å². The average molecular weight is 326 g/mol. The number of amides is 1. The Balaban J connectivity index is 1.71. The van der Waals surface area contributed by atoms with Crippen molar-refractivity contribution in [2.24, 2.45) is 0 Å². The number of anilines is 1. The Morgan fingerprint density at radius 1 is 1.25 bits per heavy atom. The lowest BCUT2D eigenvalue weighted by atomic mass is 10.1. The van der Waals surface area contributed by atoms with Gasteiger partial charge in [0.2, 0.25) is 5.89 Å². The number of nitrogens with two attached hydrogens (primary N) is 1. The van der Waals surface area contributed by atoms with Crippen molar-refractivity contribution in [2.75, 3.05) is 5.73 Å². The van der Waals surface area contributed by atoms with Crippen LogP contribution in [-0.4, -0.2) is 15.9 Å². The van der Waals surface area contributed by atoms with E-state index in [1.54, 1.807) is 31.2 Å². The van der Waals surface area contributed by atoms with E-state index in [1.165, 1.54) is 24.6 Å². The first-order valence-electron chi connectivity index (χ1n) is 7.26. The molecule has 0 saturated heterocycles. The van der Waals surface area contributed by atoms with E-state index in [0.717, 1.165) is 5.56 Å². The van der Waals surface area contributed by atoms with Gasteiger partial charge in [-0.2, -0.15) is 0 Å². The van der Waals surface area contributed by atoms with Crippen molar-refractivity contribution in [2.45, 2.75) is 13.0 Å². The van der Waals surface area contributed by atoms with Crippen LogP contribution in [0.5, 0.6) is 0 Å². The zero-order valence-corrected chi connectivity index (χ0v) is 12.9. The summed E-state index contributed by atoms with van der Waals surface area (Å²) in [7, 11) is 0. The van der Waals surface area contributed by atoms with Crippen LogP contribution in [0.15, 0.2) is 53.3 Å². The minimum atomic E-state index is -0.384. The molecule has 6 nitrogen and oxygen atoms in total. The molecule has 0 saturated carbocycles.